The third-order valence-electron chi connectivity index (χ3n) is 2.56. The maximum absolute atomic E-state index is 12.1. The molecule has 1 aromatic carbocycles. The molecular formula is C11H8ClN3O2S. The van der Waals surface area contributed by atoms with Crippen LogP contribution in [0.5, 0.6) is 0 Å². The zero-order valence-electron chi connectivity index (χ0n) is 9.01. The molecule has 0 aliphatic carbocycles. The molecule has 1 aromatic heterocycles. The van der Waals surface area contributed by atoms with Crippen molar-refractivity contribution in [3.05, 3.63) is 41.7 Å². The Bertz CT molecular complexity index is 731. The minimum Gasteiger partial charge on any atom is -0.353 e. The first-order chi connectivity index (χ1) is 8.56. The first-order valence-corrected chi connectivity index (χ1v) is 6.97. The van der Waals surface area contributed by atoms with Crippen molar-refractivity contribution in [3.63, 3.8) is 0 Å². The summed E-state index contributed by atoms with van der Waals surface area (Å²) >= 11 is 5.80. The molecule has 0 spiro atoms. The quantitative estimate of drug-likeness (QED) is 0.728. The first-order valence-electron chi connectivity index (χ1n) is 5.11. The normalized spacial score (nSPS) is 15.6. The van der Waals surface area contributed by atoms with E-state index in [1.54, 1.807) is 24.3 Å². The molecule has 0 unspecified atom stereocenters. The van der Waals surface area contributed by atoms with Crippen LogP contribution in [-0.2, 0) is 10.0 Å². The molecule has 18 heavy (non-hydrogen) atoms. The number of nitrogens with one attached hydrogen (secondary N) is 2. The number of hydrogen-bond acceptors (Lipinski definition) is 4. The molecule has 92 valence electrons. The summed E-state index contributed by atoms with van der Waals surface area (Å²) in [6.07, 6.45) is 1.38. The number of sulfonamides is 1. The van der Waals surface area contributed by atoms with E-state index in [1.807, 2.05) is 0 Å². The Balaban J connectivity index is 2.27. The van der Waals surface area contributed by atoms with Crippen molar-refractivity contribution < 1.29 is 8.42 Å². The third-order valence-corrected chi connectivity index (χ3v) is 4.19. The molecule has 2 heterocycles. The van der Waals surface area contributed by atoms with E-state index >= 15 is 0 Å². The van der Waals surface area contributed by atoms with Crippen molar-refractivity contribution in [2.75, 3.05) is 10.0 Å². The second-order valence-corrected chi connectivity index (χ2v) is 5.82. The van der Waals surface area contributed by atoms with E-state index in [9.17, 15) is 8.42 Å². The topological polar surface area (TPSA) is 71.1 Å². The molecule has 0 fully saturated rings. The number of nitrogens with zero attached hydrogens (tertiary/aromatic N) is 1. The summed E-state index contributed by atoms with van der Waals surface area (Å²) in [5, 5.41) is 3.32. The average molecular weight is 282 g/mol. The minimum atomic E-state index is -3.60. The van der Waals surface area contributed by atoms with Crippen molar-refractivity contribution in [2.45, 2.75) is 4.90 Å². The largest absolute Gasteiger partial charge is 0.353 e. The van der Waals surface area contributed by atoms with E-state index in [-0.39, 0.29) is 4.90 Å². The summed E-state index contributed by atoms with van der Waals surface area (Å²) < 4.78 is 26.7. The summed E-state index contributed by atoms with van der Waals surface area (Å²) in [7, 11) is -3.60. The molecule has 1 aliphatic rings. The molecule has 7 heteroatoms. The number of anilines is 3. The lowest BCUT2D eigenvalue weighted by molar-refractivity contribution is 0.602. The van der Waals surface area contributed by atoms with Gasteiger partial charge in [0, 0.05) is 6.07 Å². The van der Waals surface area contributed by atoms with Gasteiger partial charge in [-0.2, -0.15) is 0 Å². The fourth-order valence-electron chi connectivity index (χ4n) is 1.76. The average Bonchev–Trinajstić information content (AvgIpc) is 2.43. The summed E-state index contributed by atoms with van der Waals surface area (Å²) in [5.74, 6) is 0. The Hall–Kier alpha value is -1.79. The number of para-hydroxylation sites is 1. The van der Waals surface area contributed by atoms with E-state index in [0.29, 0.717) is 22.2 Å². The van der Waals surface area contributed by atoms with Crippen molar-refractivity contribution >= 4 is 38.7 Å². The highest BCUT2D eigenvalue weighted by molar-refractivity contribution is 7.93. The first kappa shape index (κ1) is 11.3. The Morgan fingerprint density at radius 1 is 1.11 bits per heavy atom. The number of pyridine rings is 1. The van der Waals surface area contributed by atoms with Gasteiger partial charge in [-0.3, -0.25) is 4.72 Å². The van der Waals surface area contributed by atoms with Crippen molar-refractivity contribution in [2.24, 2.45) is 0 Å². The smallest absolute Gasteiger partial charge is 0.264 e. The SMILES string of the molecule is O=S1(=O)Nc2cnc(Cl)cc2Nc2ccccc21. The van der Waals surface area contributed by atoms with Crippen LogP contribution in [0.3, 0.4) is 0 Å². The molecular weight excluding hydrogens is 274 g/mol. The molecule has 0 saturated carbocycles. The highest BCUT2D eigenvalue weighted by Crippen LogP contribution is 2.35. The zero-order valence-corrected chi connectivity index (χ0v) is 10.6. The van der Waals surface area contributed by atoms with E-state index in [0.717, 1.165) is 0 Å². The second kappa shape index (κ2) is 3.86. The van der Waals surface area contributed by atoms with Gasteiger partial charge in [0.05, 0.1) is 23.3 Å². The predicted octanol–water partition coefficient (Wildman–Crippen LogP) is 2.59. The predicted molar refractivity (Wildman–Crippen MR) is 69.8 cm³/mol. The molecule has 2 N–H and O–H groups in total. The lowest BCUT2D eigenvalue weighted by Crippen LogP contribution is -2.11. The number of halogens is 1. The molecule has 3 rings (SSSR count). The van der Waals surface area contributed by atoms with Crippen LogP contribution in [-0.4, -0.2) is 13.4 Å². The van der Waals surface area contributed by atoms with Gasteiger partial charge in [-0.15, -0.1) is 0 Å². The van der Waals surface area contributed by atoms with Gasteiger partial charge in [-0.25, -0.2) is 13.4 Å². The van der Waals surface area contributed by atoms with Crippen LogP contribution in [0.15, 0.2) is 41.4 Å². The van der Waals surface area contributed by atoms with Crippen LogP contribution < -0.4 is 10.0 Å². The molecule has 5 nitrogen and oxygen atoms in total. The number of rotatable bonds is 0. The van der Waals surface area contributed by atoms with Crippen LogP contribution in [0.25, 0.3) is 0 Å². The van der Waals surface area contributed by atoms with E-state index in [4.69, 9.17) is 11.6 Å². The fraction of sp³-hybridized carbons (Fsp3) is 0. The Morgan fingerprint density at radius 3 is 2.72 bits per heavy atom. The maximum Gasteiger partial charge on any atom is 0.264 e. The van der Waals surface area contributed by atoms with Crippen molar-refractivity contribution in [3.8, 4) is 0 Å². The van der Waals surface area contributed by atoms with Gasteiger partial charge in [-0.1, -0.05) is 23.7 Å². The number of benzene rings is 1. The molecule has 1 aliphatic heterocycles. The van der Waals surface area contributed by atoms with Crippen LogP contribution in [0.2, 0.25) is 5.15 Å². The highest BCUT2D eigenvalue weighted by Gasteiger charge is 2.24. The van der Waals surface area contributed by atoms with Gasteiger partial charge in [0.2, 0.25) is 0 Å². The minimum absolute atomic E-state index is 0.192. The maximum atomic E-state index is 12.1. The summed E-state index contributed by atoms with van der Waals surface area (Å²) in [6.45, 7) is 0. The standard InChI is InChI=1S/C11H8ClN3O2S/c12-11-5-8-9(6-13-11)15-18(16,17)10-4-2-1-3-7(10)14-8/h1-6,14-15H. The van der Waals surface area contributed by atoms with Crippen molar-refractivity contribution in [1.29, 1.82) is 0 Å². The number of hydrogen-bond donors (Lipinski definition) is 2. The molecule has 0 amide bonds. The van der Waals surface area contributed by atoms with E-state index in [1.165, 1.54) is 12.3 Å². The Morgan fingerprint density at radius 2 is 1.89 bits per heavy atom. The molecule has 0 atom stereocenters. The third kappa shape index (κ3) is 1.79. The number of aromatic nitrogens is 1. The molecule has 0 saturated heterocycles. The monoisotopic (exact) mass is 281 g/mol. The molecule has 0 bridgehead atoms. The van der Waals surface area contributed by atoms with Gasteiger partial charge in [0.15, 0.2) is 0 Å². The van der Waals surface area contributed by atoms with Gasteiger partial charge < -0.3 is 5.32 Å². The van der Waals surface area contributed by atoms with Crippen LogP contribution in [0, 0.1) is 0 Å². The number of fused-ring (bicyclic) bond motifs is 2. The van der Waals surface area contributed by atoms with Crippen LogP contribution in [0.1, 0.15) is 0 Å². The molecule has 0 radical (unpaired) electrons. The Labute approximate surface area is 109 Å². The highest BCUT2D eigenvalue weighted by atomic mass is 35.5. The zero-order chi connectivity index (χ0) is 12.8. The summed E-state index contributed by atoms with van der Waals surface area (Å²) in [5.41, 5.74) is 1.45. The van der Waals surface area contributed by atoms with Gasteiger partial charge in [-0.05, 0) is 12.1 Å². The van der Waals surface area contributed by atoms with Gasteiger partial charge in [0.25, 0.3) is 10.0 Å². The Kier molecular flexibility index (Phi) is 2.42. The fourth-order valence-corrected chi connectivity index (χ4v) is 3.15. The molecule has 2 aromatic rings. The summed E-state index contributed by atoms with van der Waals surface area (Å²) in [4.78, 5) is 4.05. The summed E-state index contributed by atoms with van der Waals surface area (Å²) in [6, 6.07) is 8.22. The van der Waals surface area contributed by atoms with Crippen LogP contribution in [0.4, 0.5) is 17.1 Å². The lowest BCUT2D eigenvalue weighted by Gasteiger charge is -2.07. The lowest BCUT2D eigenvalue weighted by atomic mass is 10.3. The van der Waals surface area contributed by atoms with E-state index < -0.39 is 10.0 Å². The van der Waals surface area contributed by atoms with E-state index in [2.05, 4.69) is 15.0 Å². The van der Waals surface area contributed by atoms with Crippen molar-refractivity contribution in [1.82, 2.24) is 4.98 Å². The van der Waals surface area contributed by atoms with Crippen LogP contribution >= 0.6 is 11.6 Å². The van der Waals surface area contributed by atoms with Gasteiger partial charge >= 0.3 is 0 Å². The van der Waals surface area contributed by atoms with Gasteiger partial charge in [0.1, 0.15) is 10.0 Å². The second-order valence-electron chi connectivity index (χ2n) is 3.78.